The zero-order chi connectivity index (χ0) is 21.2. The fourth-order valence-corrected chi connectivity index (χ4v) is 5.47. The van der Waals surface area contributed by atoms with Crippen molar-refractivity contribution < 1.29 is 9.53 Å². The van der Waals surface area contributed by atoms with E-state index in [-0.39, 0.29) is 24.0 Å². The van der Waals surface area contributed by atoms with Gasteiger partial charge in [-0.3, -0.25) is 9.89 Å². The zero-order valence-electron chi connectivity index (χ0n) is 18.3. The number of aromatic nitrogens is 4. The van der Waals surface area contributed by atoms with Crippen LogP contribution in [0.15, 0.2) is 18.5 Å². The van der Waals surface area contributed by atoms with E-state index in [9.17, 15) is 4.79 Å². The van der Waals surface area contributed by atoms with Gasteiger partial charge in [-0.25, -0.2) is 9.97 Å². The molecule has 2 aliphatic heterocycles. The lowest BCUT2D eigenvalue weighted by Gasteiger charge is -2.33. The summed E-state index contributed by atoms with van der Waals surface area (Å²) in [6.07, 6.45) is 12.1. The van der Waals surface area contributed by atoms with E-state index in [1.165, 1.54) is 12.8 Å². The number of nitrogens with zero attached hydrogens (tertiary/aromatic N) is 5. The summed E-state index contributed by atoms with van der Waals surface area (Å²) in [6.45, 7) is 2.83. The van der Waals surface area contributed by atoms with Crippen LogP contribution in [0.4, 0.5) is 5.95 Å². The smallest absolute Gasteiger partial charge is 0.226 e. The molecule has 166 valence electrons. The number of amides is 1. The number of nitrogens with one attached hydrogen (secondary N) is 1. The van der Waals surface area contributed by atoms with Crippen LogP contribution < -0.4 is 4.90 Å². The Hall–Kier alpha value is -2.48. The van der Waals surface area contributed by atoms with E-state index in [0.717, 1.165) is 81.1 Å². The van der Waals surface area contributed by atoms with Crippen LogP contribution in [0.3, 0.4) is 0 Å². The highest BCUT2D eigenvalue weighted by Crippen LogP contribution is 2.39. The highest BCUT2D eigenvalue weighted by atomic mass is 16.5. The summed E-state index contributed by atoms with van der Waals surface area (Å²) in [7, 11) is 1.76. The number of likely N-dealkylation sites (tertiary alicyclic amines) is 1. The molecule has 1 aliphatic carbocycles. The second kappa shape index (κ2) is 8.94. The Morgan fingerprint density at radius 3 is 2.84 bits per heavy atom. The van der Waals surface area contributed by atoms with Gasteiger partial charge >= 0.3 is 0 Å². The second-order valence-electron chi connectivity index (χ2n) is 9.04. The van der Waals surface area contributed by atoms with E-state index in [4.69, 9.17) is 9.72 Å². The van der Waals surface area contributed by atoms with Gasteiger partial charge in [0.15, 0.2) is 0 Å². The number of hydrogen-bond acceptors (Lipinski definition) is 6. The van der Waals surface area contributed by atoms with Crippen LogP contribution in [-0.2, 0) is 9.53 Å². The predicted octanol–water partition coefficient (Wildman–Crippen LogP) is 3.34. The van der Waals surface area contributed by atoms with Gasteiger partial charge in [-0.05, 0) is 51.0 Å². The van der Waals surface area contributed by atoms with Crippen molar-refractivity contribution in [2.75, 3.05) is 31.6 Å². The monoisotopic (exact) mass is 424 g/mol. The van der Waals surface area contributed by atoms with Gasteiger partial charge in [0.05, 0.1) is 29.7 Å². The molecule has 4 heterocycles. The molecule has 31 heavy (non-hydrogen) atoms. The van der Waals surface area contributed by atoms with Gasteiger partial charge < -0.3 is 14.5 Å². The Morgan fingerprint density at radius 2 is 2.00 bits per heavy atom. The molecule has 0 bridgehead atoms. The summed E-state index contributed by atoms with van der Waals surface area (Å²) in [6, 6.07) is 1.97. The lowest BCUT2D eigenvalue weighted by molar-refractivity contribution is -0.139. The zero-order valence-corrected chi connectivity index (χ0v) is 18.3. The number of hydrogen-bond donors (Lipinski definition) is 1. The van der Waals surface area contributed by atoms with E-state index >= 15 is 0 Å². The molecule has 0 unspecified atom stereocenters. The Bertz CT molecular complexity index is 909. The minimum Gasteiger partial charge on any atom is -0.381 e. The number of aromatic amines is 1. The van der Waals surface area contributed by atoms with Crippen LogP contribution in [0.2, 0.25) is 0 Å². The maximum absolute atomic E-state index is 13.4. The number of carbonyl (C=O) groups excluding carboxylic acids is 1. The predicted molar refractivity (Wildman–Crippen MR) is 118 cm³/mol. The first-order chi connectivity index (χ1) is 15.2. The van der Waals surface area contributed by atoms with E-state index in [2.05, 4.69) is 25.0 Å². The van der Waals surface area contributed by atoms with Crippen molar-refractivity contribution in [1.82, 2.24) is 25.1 Å². The Balaban J connectivity index is 1.38. The summed E-state index contributed by atoms with van der Waals surface area (Å²) < 4.78 is 5.56. The normalized spacial score (nSPS) is 26.5. The van der Waals surface area contributed by atoms with Crippen molar-refractivity contribution in [3.05, 3.63) is 24.2 Å². The fraction of sp³-hybridized carbons (Fsp3) is 0.652. The first-order valence-electron chi connectivity index (χ1n) is 11.7. The largest absolute Gasteiger partial charge is 0.381 e. The van der Waals surface area contributed by atoms with E-state index in [0.29, 0.717) is 0 Å². The van der Waals surface area contributed by atoms with Gasteiger partial charge in [-0.15, -0.1) is 0 Å². The van der Waals surface area contributed by atoms with Gasteiger partial charge in [0.25, 0.3) is 0 Å². The third-order valence-electron chi connectivity index (χ3n) is 7.15. The van der Waals surface area contributed by atoms with Gasteiger partial charge in [-0.1, -0.05) is 6.42 Å². The van der Waals surface area contributed by atoms with Crippen LogP contribution in [0, 0.1) is 5.92 Å². The standard InChI is InChI=1S/C23H32N6O2/c1-31-17-7-4-6-16(14-17)22(30)29-13-5-8-20(29)21-18(15-25-27-21)19-9-10-24-23(26-19)28-11-2-3-12-28/h9-10,15-17,20H,2-8,11-14H2,1H3,(H,25,27)/t16-,17+,20+/m0/s1. The number of carbonyl (C=O) groups is 1. The molecule has 3 fully saturated rings. The van der Waals surface area contributed by atoms with E-state index in [1.807, 2.05) is 18.5 Å². The van der Waals surface area contributed by atoms with Crippen LogP contribution in [0.1, 0.15) is 63.1 Å². The first-order valence-corrected chi connectivity index (χ1v) is 11.7. The summed E-state index contributed by atoms with van der Waals surface area (Å²) in [4.78, 5) is 27.1. The number of ether oxygens (including phenoxy) is 1. The molecule has 1 amide bonds. The topological polar surface area (TPSA) is 87.2 Å². The average molecular weight is 425 g/mol. The number of anilines is 1. The summed E-state index contributed by atoms with van der Waals surface area (Å²) in [5.74, 6) is 1.12. The summed E-state index contributed by atoms with van der Waals surface area (Å²) in [5, 5.41) is 7.55. The molecule has 0 radical (unpaired) electrons. The summed E-state index contributed by atoms with van der Waals surface area (Å²) in [5.41, 5.74) is 2.85. The van der Waals surface area contributed by atoms with Crippen molar-refractivity contribution in [3.8, 4) is 11.3 Å². The second-order valence-corrected chi connectivity index (χ2v) is 9.04. The molecule has 2 saturated heterocycles. The van der Waals surface area contributed by atoms with Gasteiger partial charge in [0.1, 0.15) is 0 Å². The van der Waals surface area contributed by atoms with Crippen LogP contribution >= 0.6 is 0 Å². The highest BCUT2D eigenvalue weighted by Gasteiger charge is 2.38. The van der Waals surface area contributed by atoms with Crippen molar-refractivity contribution in [1.29, 1.82) is 0 Å². The van der Waals surface area contributed by atoms with Crippen molar-refractivity contribution in [2.45, 2.75) is 63.5 Å². The minimum atomic E-state index is 0.0260. The highest BCUT2D eigenvalue weighted by molar-refractivity contribution is 5.80. The van der Waals surface area contributed by atoms with Crippen LogP contribution in [-0.4, -0.2) is 63.8 Å². The molecule has 3 aliphatic rings. The molecule has 2 aromatic rings. The lowest BCUT2D eigenvalue weighted by atomic mass is 9.86. The van der Waals surface area contributed by atoms with Gasteiger partial charge in [0.2, 0.25) is 11.9 Å². The van der Waals surface area contributed by atoms with E-state index in [1.54, 1.807) is 7.11 Å². The lowest BCUT2D eigenvalue weighted by Crippen LogP contribution is -2.39. The third-order valence-corrected chi connectivity index (χ3v) is 7.15. The Kier molecular flexibility index (Phi) is 5.89. The SMILES string of the molecule is CO[C@@H]1CCC[C@H](C(=O)N2CCC[C@@H]2c2[nH]ncc2-c2ccnc(N3CCCC3)n2)C1. The molecule has 1 N–H and O–H groups in total. The molecular formula is C23H32N6O2. The number of H-pyrrole nitrogens is 1. The number of rotatable bonds is 5. The van der Waals surface area contributed by atoms with Crippen LogP contribution in [0.5, 0.6) is 0 Å². The molecule has 5 rings (SSSR count). The van der Waals surface area contributed by atoms with E-state index < -0.39 is 0 Å². The Morgan fingerprint density at radius 1 is 1.13 bits per heavy atom. The third kappa shape index (κ3) is 4.05. The molecule has 3 atom stereocenters. The maximum atomic E-state index is 13.4. The maximum Gasteiger partial charge on any atom is 0.226 e. The molecule has 2 aromatic heterocycles. The molecule has 8 heteroatoms. The molecule has 0 aromatic carbocycles. The van der Waals surface area contributed by atoms with Crippen molar-refractivity contribution in [2.24, 2.45) is 5.92 Å². The Labute approximate surface area is 183 Å². The quantitative estimate of drug-likeness (QED) is 0.792. The molecule has 8 nitrogen and oxygen atoms in total. The van der Waals surface area contributed by atoms with Crippen molar-refractivity contribution >= 4 is 11.9 Å². The average Bonchev–Trinajstić information content (AvgIpc) is 3.59. The van der Waals surface area contributed by atoms with Gasteiger partial charge in [0, 0.05) is 44.4 Å². The van der Waals surface area contributed by atoms with Gasteiger partial charge in [-0.2, -0.15) is 5.10 Å². The molecule has 1 saturated carbocycles. The van der Waals surface area contributed by atoms with Crippen LogP contribution in [0.25, 0.3) is 11.3 Å². The summed E-state index contributed by atoms with van der Waals surface area (Å²) >= 11 is 0. The molecular weight excluding hydrogens is 392 g/mol. The van der Waals surface area contributed by atoms with Crippen molar-refractivity contribution in [3.63, 3.8) is 0 Å². The minimum absolute atomic E-state index is 0.0260. The molecule has 0 spiro atoms. The fourth-order valence-electron chi connectivity index (χ4n) is 5.47. The number of methoxy groups -OCH3 is 1. The first kappa shape index (κ1) is 20.4.